The molecule has 1 unspecified atom stereocenters. The Hall–Kier alpha value is -1.49. The van der Waals surface area contributed by atoms with Crippen molar-refractivity contribution in [3.8, 4) is 0 Å². The van der Waals surface area contributed by atoms with Crippen molar-refractivity contribution in [1.82, 2.24) is 4.98 Å². The molecule has 5 heteroatoms. The van der Waals surface area contributed by atoms with Gasteiger partial charge in [0.25, 0.3) is 0 Å². The van der Waals surface area contributed by atoms with Crippen LogP contribution in [0.5, 0.6) is 0 Å². The Kier molecular flexibility index (Phi) is 2.78. The largest absolute Gasteiger partial charge is 0.375 e. The van der Waals surface area contributed by atoms with Crippen LogP contribution in [0.15, 0.2) is 18.2 Å². The summed E-state index contributed by atoms with van der Waals surface area (Å²) in [6, 6.07) is 3.77. The van der Waals surface area contributed by atoms with Crippen LogP contribution >= 0.6 is 11.3 Å². The van der Waals surface area contributed by atoms with Crippen molar-refractivity contribution in [3.05, 3.63) is 46.0 Å². The highest BCUT2D eigenvalue weighted by atomic mass is 32.1. The maximum absolute atomic E-state index is 13.8. The van der Waals surface area contributed by atoms with E-state index in [9.17, 15) is 8.78 Å². The van der Waals surface area contributed by atoms with Gasteiger partial charge in [-0.15, -0.1) is 11.3 Å². The zero-order chi connectivity index (χ0) is 12.7. The molecule has 0 spiro atoms. The number of anilines is 1. The molecule has 1 aromatic carbocycles. The first kappa shape index (κ1) is 11.6. The second-order valence-corrected chi connectivity index (χ2v) is 5.54. The normalized spacial score (nSPS) is 18.7. The van der Waals surface area contributed by atoms with E-state index in [2.05, 4.69) is 4.98 Å². The summed E-state index contributed by atoms with van der Waals surface area (Å²) in [4.78, 5) is 5.31. The van der Waals surface area contributed by atoms with Gasteiger partial charge in [0.05, 0.1) is 5.69 Å². The van der Waals surface area contributed by atoms with E-state index in [0.717, 1.165) is 35.9 Å². The summed E-state index contributed by atoms with van der Waals surface area (Å²) in [6.07, 6.45) is 2.71. The van der Waals surface area contributed by atoms with Crippen LogP contribution in [0.4, 0.5) is 13.9 Å². The first-order valence-electron chi connectivity index (χ1n) is 5.85. The van der Waals surface area contributed by atoms with Gasteiger partial charge in [0.2, 0.25) is 0 Å². The lowest BCUT2D eigenvalue weighted by atomic mass is 9.86. The van der Waals surface area contributed by atoms with Crippen LogP contribution in [0.1, 0.15) is 34.9 Å². The van der Waals surface area contributed by atoms with Gasteiger partial charge in [0.1, 0.15) is 11.6 Å². The highest BCUT2D eigenvalue weighted by Crippen LogP contribution is 2.41. The van der Waals surface area contributed by atoms with Crippen LogP contribution in [0.25, 0.3) is 0 Å². The van der Waals surface area contributed by atoms with Crippen molar-refractivity contribution in [1.29, 1.82) is 0 Å². The highest BCUT2D eigenvalue weighted by Gasteiger charge is 2.27. The zero-order valence-corrected chi connectivity index (χ0v) is 10.4. The highest BCUT2D eigenvalue weighted by molar-refractivity contribution is 7.15. The minimum atomic E-state index is -0.545. The molecule has 0 saturated heterocycles. The zero-order valence-electron chi connectivity index (χ0n) is 9.62. The molecule has 0 aliphatic heterocycles. The molecule has 2 N–H and O–H groups in total. The van der Waals surface area contributed by atoms with E-state index in [1.807, 2.05) is 0 Å². The number of hydrogen-bond donors (Lipinski definition) is 1. The molecule has 2 aromatic rings. The van der Waals surface area contributed by atoms with Gasteiger partial charge < -0.3 is 5.73 Å². The summed E-state index contributed by atoms with van der Waals surface area (Å²) in [5.74, 6) is -1.07. The molecular formula is C13H12F2N2S. The SMILES string of the molecule is Nc1nc2c(s1)C(c1ccc(F)cc1F)CCC2. The molecule has 1 aromatic heterocycles. The molecule has 94 valence electrons. The minimum Gasteiger partial charge on any atom is -0.375 e. The number of fused-ring (bicyclic) bond motifs is 1. The lowest BCUT2D eigenvalue weighted by molar-refractivity contribution is 0.543. The first-order valence-corrected chi connectivity index (χ1v) is 6.67. The monoisotopic (exact) mass is 266 g/mol. The summed E-state index contributed by atoms with van der Waals surface area (Å²) in [5, 5.41) is 0.523. The van der Waals surface area contributed by atoms with E-state index >= 15 is 0 Å². The Labute approximate surface area is 107 Å². The van der Waals surface area contributed by atoms with Gasteiger partial charge >= 0.3 is 0 Å². The van der Waals surface area contributed by atoms with Crippen LogP contribution in [0, 0.1) is 11.6 Å². The number of aryl methyl sites for hydroxylation is 1. The van der Waals surface area contributed by atoms with Crippen molar-refractivity contribution in [2.45, 2.75) is 25.2 Å². The van der Waals surface area contributed by atoms with E-state index in [1.165, 1.54) is 23.5 Å². The van der Waals surface area contributed by atoms with E-state index < -0.39 is 11.6 Å². The molecule has 0 amide bonds. The number of benzene rings is 1. The van der Waals surface area contributed by atoms with E-state index in [-0.39, 0.29) is 5.92 Å². The number of halogens is 2. The maximum atomic E-state index is 13.8. The molecule has 0 fully saturated rings. The van der Waals surface area contributed by atoms with Gasteiger partial charge in [-0.1, -0.05) is 6.07 Å². The molecule has 2 nitrogen and oxygen atoms in total. The number of nitrogens with zero attached hydrogens (tertiary/aromatic N) is 1. The number of rotatable bonds is 1. The Morgan fingerprint density at radius 1 is 1.33 bits per heavy atom. The third kappa shape index (κ3) is 1.88. The van der Waals surface area contributed by atoms with Crippen LogP contribution < -0.4 is 5.73 Å². The summed E-state index contributed by atoms with van der Waals surface area (Å²) in [5.41, 5.74) is 7.23. The standard InChI is InChI=1S/C13H12F2N2S/c14-7-4-5-8(10(15)6-7)9-2-1-3-11-12(9)18-13(16)17-11/h4-6,9H,1-3H2,(H2,16,17). The fraction of sp³-hybridized carbons (Fsp3) is 0.308. The Morgan fingerprint density at radius 3 is 2.94 bits per heavy atom. The van der Waals surface area contributed by atoms with Gasteiger partial charge in [-0.2, -0.15) is 0 Å². The fourth-order valence-electron chi connectivity index (χ4n) is 2.52. The summed E-state index contributed by atoms with van der Waals surface area (Å²) >= 11 is 1.41. The Bertz CT molecular complexity index is 595. The number of aromatic nitrogens is 1. The van der Waals surface area contributed by atoms with E-state index in [4.69, 9.17) is 5.73 Å². The molecule has 18 heavy (non-hydrogen) atoms. The van der Waals surface area contributed by atoms with Gasteiger partial charge in [-0.05, 0) is 30.9 Å². The average Bonchev–Trinajstić information content (AvgIpc) is 2.69. The second kappa shape index (κ2) is 4.31. The van der Waals surface area contributed by atoms with Crippen molar-refractivity contribution >= 4 is 16.5 Å². The van der Waals surface area contributed by atoms with Gasteiger partial charge in [-0.25, -0.2) is 13.8 Å². The molecule has 0 saturated carbocycles. The molecule has 1 aliphatic carbocycles. The topological polar surface area (TPSA) is 38.9 Å². The molecule has 1 aliphatic rings. The molecule has 1 atom stereocenters. The third-order valence-corrected chi connectivity index (χ3v) is 4.35. The third-order valence-electron chi connectivity index (χ3n) is 3.30. The number of hydrogen-bond acceptors (Lipinski definition) is 3. The number of nitrogen functional groups attached to an aromatic ring is 1. The molecular weight excluding hydrogens is 254 g/mol. The molecule has 3 rings (SSSR count). The van der Waals surface area contributed by atoms with Crippen LogP contribution in [0.3, 0.4) is 0 Å². The predicted molar refractivity (Wildman–Crippen MR) is 67.7 cm³/mol. The van der Waals surface area contributed by atoms with E-state index in [0.29, 0.717) is 10.7 Å². The Balaban J connectivity index is 2.07. The average molecular weight is 266 g/mol. The van der Waals surface area contributed by atoms with Gasteiger partial charge in [-0.3, -0.25) is 0 Å². The maximum Gasteiger partial charge on any atom is 0.180 e. The lowest BCUT2D eigenvalue weighted by Gasteiger charge is -2.21. The first-order chi connectivity index (χ1) is 8.65. The van der Waals surface area contributed by atoms with Crippen molar-refractivity contribution < 1.29 is 8.78 Å². The van der Waals surface area contributed by atoms with Crippen LogP contribution in [-0.4, -0.2) is 4.98 Å². The number of nitrogens with two attached hydrogens (primary N) is 1. The Morgan fingerprint density at radius 2 is 2.17 bits per heavy atom. The minimum absolute atomic E-state index is 0.0378. The quantitative estimate of drug-likeness (QED) is 0.858. The van der Waals surface area contributed by atoms with Crippen molar-refractivity contribution in [2.24, 2.45) is 0 Å². The van der Waals surface area contributed by atoms with Crippen LogP contribution in [0.2, 0.25) is 0 Å². The molecule has 1 heterocycles. The molecule has 0 bridgehead atoms. The second-order valence-electron chi connectivity index (χ2n) is 4.47. The summed E-state index contributed by atoms with van der Waals surface area (Å²) in [7, 11) is 0. The summed E-state index contributed by atoms with van der Waals surface area (Å²) < 4.78 is 26.8. The summed E-state index contributed by atoms with van der Waals surface area (Å²) in [6.45, 7) is 0. The number of thiazole rings is 1. The van der Waals surface area contributed by atoms with Crippen LogP contribution in [-0.2, 0) is 6.42 Å². The van der Waals surface area contributed by atoms with Gasteiger partial charge in [0.15, 0.2) is 5.13 Å². The fourth-order valence-corrected chi connectivity index (χ4v) is 3.55. The predicted octanol–water partition coefficient (Wildman–Crippen LogP) is 3.47. The smallest absolute Gasteiger partial charge is 0.180 e. The van der Waals surface area contributed by atoms with Gasteiger partial charge in [0, 0.05) is 16.9 Å². The molecule has 0 radical (unpaired) electrons. The lowest BCUT2D eigenvalue weighted by Crippen LogP contribution is -2.10. The van der Waals surface area contributed by atoms with E-state index in [1.54, 1.807) is 0 Å². The van der Waals surface area contributed by atoms with Crippen molar-refractivity contribution in [2.75, 3.05) is 5.73 Å². The van der Waals surface area contributed by atoms with Crippen molar-refractivity contribution in [3.63, 3.8) is 0 Å².